The number of benzene rings is 2. The van der Waals surface area contributed by atoms with Crippen molar-refractivity contribution < 1.29 is 13.9 Å². The smallest absolute Gasteiger partial charge is 0.322 e. The lowest BCUT2D eigenvalue weighted by Crippen LogP contribution is -2.12. The molecule has 0 atom stereocenters. The van der Waals surface area contributed by atoms with Crippen LogP contribution in [0, 0.1) is 0 Å². The number of ether oxygens (including phenoxy) is 1. The molecular weight excluding hydrogens is 346 g/mol. The molecule has 0 unspecified atom stereocenters. The van der Waals surface area contributed by atoms with Crippen LogP contribution < -0.4 is 10.1 Å². The second kappa shape index (κ2) is 7.12. The molecule has 0 saturated heterocycles. The molecule has 0 aliphatic carbocycles. The lowest BCUT2D eigenvalue weighted by molar-refractivity contribution is 0.102. The molecule has 134 valence electrons. The number of aromatic nitrogens is 4. The summed E-state index contributed by atoms with van der Waals surface area (Å²) in [5, 5.41) is 14.4. The minimum Gasteiger partial charge on any atom is -0.457 e. The number of hydrogen-bond donors (Lipinski definition) is 1. The molecular formula is C19H15N5O3. The summed E-state index contributed by atoms with van der Waals surface area (Å²) in [4.78, 5) is 12.5. The first kappa shape index (κ1) is 16.5. The van der Waals surface area contributed by atoms with E-state index in [0.29, 0.717) is 22.8 Å². The number of carbonyl (C=O) groups excluding carboxylic acids is 1. The molecule has 0 radical (unpaired) electrons. The average molecular weight is 361 g/mol. The predicted octanol–water partition coefficient (Wildman–Crippen LogP) is 3.51. The Bertz CT molecular complexity index is 1070. The second-order valence-corrected chi connectivity index (χ2v) is 5.65. The van der Waals surface area contributed by atoms with Gasteiger partial charge in [-0.25, -0.2) is 0 Å². The molecule has 1 N–H and O–H groups in total. The van der Waals surface area contributed by atoms with Crippen LogP contribution in [0.1, 0.15) is 10.4 Å². The molecule has 0 fully saturated rings. The maximum absolute atomic E-state index is 12.5. The summed E-state index contributed by atoms with van der Waals surface area (Å²) >= 11 is 0. The van der Waals surface area contributed by atoms with Crippen molar-refractivity contribution in [3.05, 3.63) is 72.4 Å². The van der Waals surface area contributed by atoms with Crippen molar-refractivity contribution in [3.63, 3.8) is 0 Å². The number of carbonyl (C=O) groups is 1. The van der Waals surface area contributed by atoms with E-state index in [1.807, 2.05) is 30.3 Å². The molecule has 2 aromatic heterocycles. The minimum absolute atomic E-state index is 0.00517. The van der Waals surface area contributed by atoms with Crippen LogP contribution >= 0.6 is 0 Å². The summed E-state index contributed by atoms with van der Waals surface area (Å²) in [6.45, 7) is 0. The van der Waals surface area contributed by atoms with Crippen molar-refractivity contribution in [1.82, 2.24) is 20.0 Å². The van der Waals surface area contributed by atoms with Gasteiger partial charge in [-0.2, -0.15) is 5.10 Å². The molecule has 2 aromatic carbocycles. The lowest BCUT2D eigenvalue weighted by atomic mass is 10.2. The van der Waals surface area contributed by atoms with E-state index in [1.54, 1.807) is 48.3 Å². The minimum atomic E-state index is -0.381. The fraction of sp³-hybridized carbons (Fsp3) is 0.0526. The third kappa shape index (κ3) is 3.69. The molecule has 27 heavy (non-hydrogen) atoms. The van der Waals surface area contributed by atoms with Gasteiger partial charge >= 0.3 is 6.01 Å². The largest absolute Gasteiger partial charge is 0.457 e. The highest BCUT2D eigenvalue weighted by Crippen LogP contribution is 2.23. The van der Waals surface area contributed by atoms with Gasteiger partial charge in [0.25, 0.3) is 11.8 Å². The van der Waals surface area contributed by atoms with Crippen LogP contribution in [-0.2, 0) is 7.05 Å². The predicted molar refractivity (Wildman–Crippen MR) is 97.4 cm³/mol. The summed E-state index contributed by atoms with van der Waals surface area (Å²) in [5.41, 5.74) is 1.06. The third-order valence-electron chi connectivity index (χ3n) is 3.76. The van der Waals surface area contributed by atoms with Crippen LogP contribution in [0.4, 0.5) is 6.01 Å². The van der Waals surface area contributed by atoms with Gasteiger partial charge in [0, 0.05) is 18.8 Å². The van der Waals surface area contributed by atoms with E-state index in [2.05, 4.69) is 20.6 Å². The number of hydrogen-bond acceptors (Lipinski definition) is 6. The number of aryl methyl sites for hydroxylation is 1. The second-order valence-electron chi connectivity index (χ2n) is 5.65. The first-order valence-electron chi connectivity index (χ1n) is 8.15. The van der Waals surface area contributed by atoms with Gasteiger partial charge in [-0.1, -0.05) is 29.4 Å². The number of nitrogens with one attached hydrogen (secondary N) is 1. The van der Waals surface area contributed by atoms with Crippen molar-refractivity contribution >= 4 is 11.9 Å². The molecule has 0 aliphatic heterocycles. The molecule has 4 rings (SSSR count). The summed E-state index contributed by atoms with van der Waals surface area (Å²) in [6, 6.07) is 17.9. The zero-order valence-corrected chi connectivity index (χ0v) is 14.4. The van der Waals surface area contributed by atoms with Gasteiger partial charge < -0.3 is 9.15 Å². The van der Waals surface area contributed by atoms with Crippen molar-refractivity contribution in [2.75, 3.05) is 5.32 Å². The van der Waals surface area contributed by atoms with Gasteiger partial charge in [-0.15, -0.1) is 5.10 Å². The van der Waals surface area contributed by atoms with E-state index in [1.165, 1.54) is 0 Å². The summed E-state index contributed by atoms with van der Waals surface area (Å²) in [5.74, 6) is 1.13. The quantitative estimate of drug-likeness (QED) is 0.584. The van der Waals surface area contributed by atoms with Crippen LogP contribution in [0.5, 0.6) is 11.5 Å². The van der Waals surface area contributed by atoms with Gasteiger partial charge in [0.2, 0.25) is 0 Å². The fourth-order valence-corrected chi connectivity index (χ4v) is 2.46. The summed E-state index contributed by atoms with van der Waals surface area (Å²) in [7, 11) is 1.76. The molecule has 1 amide bonds. The van der Waals surface area contributed by atoms with Gasteiger partial charge in [-0.3, -0.25) is 14.8 Å². The standard InChI is InChI=1S/C19H15N5O3/c1-24-16(10-11-20-24)18-22-23-19(27-18)21-17(25)13-6-5-9-15(12-13)26-14-7-3-2-4-8-14/h2-12H,1H3,(H,21,23,25). The van der Waals surface area contributed by atoms with Crippen molar-refractivity contribution in [3.8, 4) is 23.1 Å². The van der Waals surface area contributed by atoms with E-state index in [9.17, 15) is 4.79 Å². The van der Waals surface area contributed by atoms with Crippen molar-refractivity contribution in [2.45, 2.75) is 0 Å². The van der Waals surface area contributed by atoms with Gasteiger partial charge in [-0.05, 0) is 36.4 Å². The molecule has 0 spiro atoms. The Hall–Kier alpha value is -3.94. The number of anilines is 1. The van der Waals surface area contributed by atoms with Crippen LogP contribution in [0.3, 0.4) is 0 Å². The number of nitrogens with zero attached hydrogens (tertiary/aromatic N) is 4. The zero-order valence-electron chi connectivity index (χ0n) is 14.4. The van der Waals surface area contributed by atoms with Crippen LogP contribution in [0.2, 0.25) is 0 Å². The monoisotopic (exact) mass is 361 g/mol. The Morgan fingerprint density at radius 3 is 2.63 bits per heavy atom. The third-order valence-corrected chi connectivity index (χ3v) is 3.76. The first-order chi connectivity index (χ1) is 13.2. The van der Waals surface area contributed by atoms with Crippen LogP contribution in [0.15, 0.2) is 71.3 Å². The zero-order chi connectivity index (χ0) is 18.6. The van der Waals surface area contributed by atoms with E-state index < -0.39 is 0 Å². The Kier molecular flexibility index (Phi) is 4.36. The Morgan fingerprint density at radius 1 is 1.04 bits per heavy atom. The van der Waals surface area contributed by atoms with Crippen LogP contribution in [0.25, 0.3) is 11.6 Å². The number of amides is 1. The Balaban J connectivity index is 1.48. The number of para-hydroxylation sites is 1. The highest BCUT2D eigenvalue weighted by molar-refractivity contribution is 6.03. The first-order valence-corrected chi connectivity index (χ1v) is 8.15. The summed E-state index contributed by atoms with van der Waals surface area (Å²) in [6.07, 6.45) is 1.62. The van der Waals surface area contributed by atoms with Crippen molar-refractivity contribution in [1.29, 1.82) is 0 Å². The van der Waals surface area contributed by atoms with E-state index in [0.717, 1.165) is 0 Å². The van der Waals surface area contributed by atoms with Gasteiger partial charge in [0.15, 0.2) is 0 Å². The molecule has 8 nitrogen and oxygen atoms in total. The number of rotatable bonds is 5. The molecule has 2 heterocycles. The van der Waals surface area contributed by atoms with E-state index in [-0.39, 0.29) is 17.8 Å². The van der Waals surface area contributed by atoms with E-state index in [4.69, 9.17) is 9.15 Å². The highest BCUT2D eigenvalue weighted by Gasteiger charge is 2.15. The normalized spacial score (nSPS) is 10.6. The molecule has 4 aromatic rings. The summed E-state index contributed by atoms with van der Waals surface area (Å²) < 4.78 is 12.8. The highest BCUT2D eigenvalue weighted by atomic mass is 16.5. The molecule has 0 saturated carbocycles. The average Bonchev–Trinajstić information content (AvgIpc) is 3.31. The van der Waals surface area contributed by atoms with Crippen LogP contribution in [-0.4, -0.2) is 25.9 Å². The van der Waals surface area contributed by atoms with E-state index >= 15 is 0 Å². The van der Waals surface area contributed by atoms with Gasteiger partial charge in [0.05, 0.1) is 0 Å². The fourth-order valence-electron chi connectivity index (χ4n) is 2.46. The lowest BCUT2D eigenvalue weighted by Gasteiger charge is -2.07. The Labute approximate surface area is 154 Å². The maximum atomic E-state index is 12.5. The topological polar surface area (TPSA) is 95.1 Å². The Morgan fingerprint density at radius 2 is 1.85 bits per heavy atom. The SMILES string of the molecule is Cn1nccc1-c1nnc(NC(=O)c2cccc(Oc3ccccc3)c2)o1. The van der Waals surface area contributed by atoms with Crippen molar-refractivity contribution in [2.24, 2.45) is 7.05 Å². The maximum Gasteiger partial charge on any atom is 0.322 e. The molecule has 0 bridgehead atoms. The van der Waals surface area contributed by atoms with Gasteiger partial charge in [0.1, 0.15) is 17.2 Å². The molecule has 8 heteroatoms. The molecule has 0 aliphatic rings.